The number of hydrogen-bond donors (Lipinski definition) is 1. The highest BCUT2D eigenvalue weighted by Gasteiger charge is 2.21. The van der Waals surface area contributed by atoms with Crippen LogP contribution in [0.15, 0.2) is 27.7 Å². The molecule has 1 atom stereocenters. The molecule has 2 nitrogen and oxygen atoms in total. The maximum Gasteiger partial charge on any atom is 0.161 e. The molecule has 1 aliphatic heterocycles. The van der Waals surface area contributed by atoms with Crippen molar-refractivity contribution in [2.24, 2.45) is 10.9 Å². The second-order valence-electron chi connectivity index (χ2n) is 4.64. The van der Waals surface area contributed by atoms with Crippen LogP contribution in [0, 0.1) is 12.8 Å². The van der Waals surface area contributed by atoms with Crippen molar-refractivity contribution in [1.29, 1.82) is 0 Å². The minimum Gasteiger partial charge on any atom is -0.335 e. The summed E-state index contributed by atoms with van der Waals surface area (Å²) in [7, 11) is 0. The van der Waals surface area contributed by atoms with Crippen LogP contribution in [0.25, 0.3) is 0 Å². The third-order valence-corrected chi connectivity index (χ3v) is 4.36. The molecule has 1 N–H and O–H groups in total. The molecule has 0 bridgehead atoms. The van der Waals surface area contributed by atoms with Gasteiger partial charge in [0.05, 0.1) is 6.04 Å². The number of thioether (sulfide) groups is 1. The SMILES string of the molecule is Cc1cc(Br)ccc1NC1=NC(C(C)C)CS1. The molecule has 1 aromatic carbocycles. The Hall–Kier alpha value is -0.480. The molecule has 0 spiro atoms. The molecule has 0 saturated heterocycles. The van der Waals surface area contributed by atoms with E-state index in [1.54, 1.807) is 0 Å². The Morgan fingerprint density at radius 2 is 2.24 bits per heavy atom. The summed E-state index contributed by atoms with van der Waals surface area (Å²) in [5.74, 6) is 1.71. The molecular weight excluding hydrogens is 296 g/mol. The molecule has 1 aromatic rings. The minimum atomic E-state index is 0.457. The van der Waals surface area contributed by atoms with Crippen molar-refractivity contribution < 1.29 is 0 Å². The lowest BCUT2D eigenvalue weighted by Crippen LogP contribution is -2.12. The Morgan fingerprint density at radius 3 is 2.82 bits per heavy atom. The van der Waals surface area contributed by atoms with Gasteiger partial charge in [-0.25, -0.2) is 0 Å². The van der Waals surface area contributed by atoms with E-state index < -0.39 is 0 Å². The highest BCUT2D eigenvalue weighted by Crippen LogP contribution is 2.26. The molecule has 0 radical (unpaired) electrons. The summed E-state index contributed by atoms with van der Waals surface area (Å²) in [4.78, 5) is 4.70. The van der Waals surface area contributed by atoms with Crippen LogP contribution in [0.1, 0.15) is 19.4 Å². The van der Waals surface area contributed by atoms with Gasteiger partial charge in [0.1, 0.15) is 0 Å². The normalized spacial score (nSPS) is 19.6. The number of aliphatic imine (C=N–C) groups is 1. The molecule has 0 aliphatic carbocycles. The van der Waals surface area contributed by atoms with Crippen LogP contribution in [0.2, 0.25) is 0 Å². The number of nitrogens with zero attached hydrogens (tertiary/aromatic N) is 1. The molecule has 0 saturated carbocycles. The molecule has 4 heteroatoms. The number of anilines is 1. The van der Waals surface area contributed by atoms with Gasteiger partial charge >= 0.3 is 0 Å². The van der Waals surface area contributed by atoms with Gasteiger partial charge in [0.25, 0.3) is 0 Å². The van der Waals surface area contributed by atoms with Crippen molar-refractivity contribution in [2.75, 3.05) is 11.1 Å². The lowest BCUT2D eigenvalue weighted by molar-refractivity contribution is 0.543. The average Bonchev–Trinajstić information content (AvgIpc) is 2.71. The van der Waals surface area contributed by atoms with Crippen molar-refractivity contribution in [3.63, 3.8) is 0 Å². The summed E-state index contributed by atoms with van der Waals surface area (Å²) in [6.07, 6.45) is 0. The van der Waals surface area contributed by atoms with Crippen LogP contribution in [0.3, 0.4) is 0 Å². The van der Waals surface area contributed by atoms with Gasteiger partial charge in [-0.2, -0.15) is 0 Å². The number of halogens is 1. The standard InChI is InChI=1S/C13H17BrN2S/c1-8(2)12-7-17-13(16-12)15-11-5-4-10(14)6-9(11)3/h4-6,8,12H,7H2,1-3H3,(H,15,16). The smallest absolute Gasteiger partial charge is 0.161 e. The predicted molar refractivity (Wildman–Crippen MR) is 81.0 cm³/mol. The van der Waals surface area contributed by atoms with Crippen LogP contribution in [-0.2, 0) is 0 Å². The number of aryl methyl sites for hydroxylation is 1. The number of rotatable bonds is 2. The van der Waals surface area contributed by atoms with Gasteiger partial charge in [-0.05, 0) is 36.6 Å². The summed E-state index contributed by atoms with van der Waals surface area (Å²) in [6, 6.07) is 6.71. The van der Waals surface area contributed by atoms with Crippen LogP contribution in [-0.4, -0.2) is 17.0 Å². The Morgan fingerprint density at radius 1 is 1.47 bits per heavy atom. The first-order valence-corrected chi connectivity index (χ1v) is 7.58. The number of nitrogens with one attached hydrogen (secondary N) is 1. The zero-order valence-electron chi connectivity index (χ0n) is 10.3. The first kappa shape index (κ1) is 13.0. The first-order valence-electron chi connectivity index (χ1n) is 5.80. The quantitative estimate of drug-likeness (QED) is 0.880. The van der Waals surface area contributed by atoms with Gasteiger partial charge < -0.3 is 5.32 Å². The summed E-state index contributed by atoms with van der Waals surface area (Å²) < 4.78 is 1.11. The maximum absolute atomic E-state index is 4.70. The van der Waals surface area contributed by atoms with E-state index in [0.29, 0.717) is 12.0 Å². The topological polar surface area (TPSA) is 24.4 Å². The Bertz CT molecular complexity index is 443. The number of hydrogen-bond acceptors (Lipinski definition) is 3. The second kappa shape index (κ2) is 5.44. The lowest BCUT2D eigenvalue weighted by Gasteiger charge is -2.09. The minimum absolute atomic E-state index is 0.457. The molecule has 0 fully saturated rings. The number of amidine groups is 1. The molecule has 0 aromatic heterocycles. The second-order valence-corrected chi connectivity index (χ2v) is 6.57. The van der Waals surface area contributed by atoms with Gasteiger partial charge in [0.2, 0.25) is 0 Å². The van der Waals surface area contributed by atoms with E-state index in [1.165, 1.54) is 5.56 Å². The molecule has 17 heavy (non-hydrogen) atoms. The fraction of sp³-hybridized carbons (Fsp3) is 0.462. The summed E-state index contributed by atoms with van der Waals surface area (Å²) in [6.45, 7) is 6.55. The Balaban J connectivity index is 2.09. The van der Waals surface area contributed by atoms with Gasteiger partial charge in [0, 0.05) is 15.9 Å². The van der Waals surface area contributed by atoms with Crippen molar-refractivity contribution in [2.45, 2.75) is 26.8 Å². The fourth-order valence-electron chi connectivity index (χ4n) is 1.68. The van der Waals surface area contributed by atoms with Crippen molar-refractivity contribution in [3.05, 3.63) is 28.2 Å². The average molecular weight is 313 g/mol. The predicted octanol–water partition coefficient (Wildman–Crippen LogP) is 4.30. The fourth-order valence-corrected chi connectivity index (χ4v) is 3.34. The molecule has 1 heterocycles. The van der Waals surface area contributed by atoms with E-state index in [4.69, 9.17) is 4.99 Å². The van der Waals surface area contributed by atoms with Crippen molar-refractivity contribution >= 4 is 38.5 Å². The Kier molecular flexibility index (Phi) is 4.15. The molecule has 0 amide bonds. The van der Waals surface area contributed by atoms with E-state index >= 15 is 0 Å². The number of benzene rings is 1. The molecule has 1 aliphatic rings. The van der Waals surface area contributed by atoms with Crippen LogP contribution in [0.4, 0.5) is 5.69 Å². The van der Waals surface area contributed by atoms with E-state index in [-0.39, 0.29) is 0 Å². The highest BCUT2D eigenvalue weighted by molar-refractivity contribution is 9.10. The van der Waals surface area contributed by atoms with Crippen molar-refractivity contribution in [3.8, 4) is 0 Å². The van der Waals surface area contributed by atoms with E-state index in [9.17, 15) is 0 Å². The van der Waals surface area contributed by atoms with Crippen LogP contribution >= 0.6 is 27.7 Å². The maximum atomic E-state index is 4.70. The Labute approximate surface area is 115 Å². The zero-order chi connectivity index (χ0) is 12.4. The molecule has 92 valence electrons. The molecule has 2 rings (SSSR count). The summed E-state index contributed by atoms with van der Waals surface area (Å²) >= 11 is 5.29. The van der Waals surface area contributed by atoms with Gasteiger partial charge in [-0.15, -0.1) is 0 Å². The summed E-state index contributed by atoms with van der Waals surface area (Å²) in [5, 5.41) is 4.46. The largest absolute Gasteiger partial charge is 0.335 e. The van der Waals surface area contributed by atoms with E-state index in [2.05, 4.69) is 60.2 Å². The van der Waals surface area contributed by atoms with Gasteiger partial charge in [-0.1, -0.05) is 41.5 Å². The van der Waals surface area contributed by atoms with Gasteiger partial charge in [0.15, 0.2) is 5.17 Å². The van der Waals surface area contributed by atoms with Crippen molar-refractivity contribution in [1.82, 2.24) is 0 Å². The lowest BCUT2D eigenvalue weighted by atomic mass is 10.1. The highest BCUT2D eigenvalue weighted by atomic mass is 79.9. The summed E-state index contributed by atoms with van der Waals surface area (Å²) in [5.41, 5.74) is 2.37. The third-order valence-electron chi connectivity index (χ3n) is 2.87. The third kappa shape index (κ3) is 3.26. The molecule has 1 unspecified atom stereocenters. The van der Waals surface area contributed by atoms with Gasteiger partial charge in [-0.3, -0.25) is 4.99 Å². The monoisotopic (exact) mass is 312 g/mol. The first-order chi connectivity index (χ1) is 8.06. The molecular formula is C13H17BrN2S. The van der Waals surface area contributed by atoms with Crippen LogP contribution in [0.5, 0.6) is 0 Å². The van der Waals surface area contributed by atoms with E-state index in [1.807, 2.05) is 11.8 Å². The van der Waals surface area contributed by atoms with E-state index in [0.717, 1.165) is 21.1 Å². The zero-order valence-corrected chi connectivity index (χ0v) is 12.7. The van der Waals surface area contributed by atoms with Crippen LogP contribution < -0.4 is 5.32 Å².